The molecule has 3 aromatic carbocycles. The van der Waals surface area contributed by atoms with Crippen molar-refractivity contribution in [2.24, 2.45) is 0 Å². The summed E-state index contributed by atoms with van der Waals surface area (Å²) in [5.74, 6) is 0.492. The van der Waals surface area contributed by atoms with Crippen LogP contribution >= 0.6 is 0 Å². The van der Waals surface area contributed by atoms with Crippen LogP contribution in [0.5, 0.6) is 0 Å². The summed E-state index contributed by atoms with van der Waals surface area (Å²) >= 11 is 0. The molecule has 1 aliphatic carbocycles. The van der Waals surface area contributed by atoms with Crippen molar-refractivity contribution in [3.8, 4) is 0 Å². The van der Waals surface area contributed by atoms with Crippen LogP contribution in [0.4, 0.5) is 4.39 Å². The first-order chi connectivity index (χ1) is 18.6. The van der Waals surface area contributed by atoms with Crippen molar-refractivity contribution in [3.05, 3.63) is 132 Å². The molecule has 1 unspecified atom stereocenters. The normalized spacial score (nSPS) is 16.2. The second-order valence-electron chi connectivity index (χ2n) is 10.1. The van der Waals surface area contributed by atoms with Crippen LogP contribution in [-0.4, -0.2) is 24.5 Å². The van der Waals surface area contributed by atoms with Gasteiger partial charge < -0.3 is 10.3 Å². The first-order valence-corrected chi connectivity index (χ1v) is 13.6. The van der Waals surface area contributed by atoms with E-state index in [1.54, 1.807) is 6.07 Å². The third kappa shape index (κ3) is 9.22. The first-order valence-electron chi connectivity index (χ1n) is 13.6. The zero-order valence-corrected chi connectivity index (χ0v) is 25.5. The Bertz CT molecular complexity index is 1310. The summed E-state index contributed by atoms with van der Waals surface area (Å²) in [6.07, 6.45) is 9.59. The number of likely N-dealkylation sites (N-methyl/N-ethyl adjacent to an activating group) is 1. The Kier molecular flexibility index (Phi) is 12.5. The zero-order valence-electron chi connectivity index (χ0n) is 23.5. The van der Waals surface area contributed by atoms with Crippen LogP contribution in [0.1, 0.15) is 48.3 Å². The molecule has 3 nitrogen and oxygen atoms in total. The van der Waals surface area contributed by atoms with Crippen molar-refractivity contribution < 1.29 is 33.9 Å². The Morgan fingerprint density at radius 2 is 1.69 bits per heavy atom. The fourth-order valence-corrected chi connectivity index (χ4v) is 4.87. The molecule has 0 bridgehead atoms. The molecular formula is C34H39FN3Na. The van der Waals surface area contributed by atoms with Crippen LogP contribution < -0.4 is 39.9 Å². The Balaban J connectivity index is 0.000000164. The number of fused-ring (bicyclic) bond motifs is 1. The summed E-state index contributed by atoms with van der Waals surface area (Å²) < 4.78 is 12.9. The van der Waals surface area contributed by atoms with E-state index in [0.29, 0.717) is 12.0 Å². The van der Waals surface area contributed by atoms with E-state index in [0.717, 1.165) is 29.7 Å². The average molecular weight is 532 g/mol. The van der Waals surface area contributed by atoms with Crippen molar-refractivity contribution >= 4 is 10.9 Å². The number of likely N-dealkylation sites (tertiary alicyclic amines) is 1. The molecule has 0 amide bonds. The predicted octanol–water partition coefficient (Wildman–Crippen LogP) is 4.62. The molecule has 0 radical (unpaired) electrons. The summed E-state index contributed by atoms with van der Waals surface area (Å²) in [5, 5.41) is 4.68. The van der Waals surface area contributed by atoms with Gasteiger partial charge in [0.25, 0.3) is 0 Å². The van der Waals surface area contributed by atoms with Gasteiger partial charge in [-0.3, -0.25) is 4.90 Å². The maximum Gasteiger partial charge on any atom is 1.00 e. The maximum atomic E-state index is 12.9. The molecule has 6 rings (SSSR count). The van der Waals surface area contributed by atoms with E-state index >= 15 is 0 Å². The molecule has 1 N–H and O–H groups in total. The standard InChI is InChI=1S/C14H20N2.C11H10N.C9H9F.Na/c1-12(14-9-6-10-16(14)2)15-11-13-7-4-3-5-8-13;1-2-5-9-8-12-11-7-4-3-6-10(9)11;10-9-4-2-1-3-8(9)7-5-6-7;/h3-5,7-8,14-15H,1,6,9-11H2,2H3;2-4,6-8H,1,5H2;1-4,7H,5-6H2;/q;-1;;+1. The largest absolute Gasteiger partial charge is 1.00 e. The van der Waals surface area contributed by atoms with E-state index in [1.807, 2.05) is 48.7 Å². The number of hydrogen-bond acceptors (Lipinski definition) is 2. The van der Waals surface area contributed by atoms with Crippen LogP contribution in [0.2, 0.25) is 0 Å². The van der Waals surface area contributed by atoms with E-state index < -0.39 is 0 Å². The zero-order chi connectivity index (χ0) is 26.7. The van der Waals surface area contributed by atoms with Gasteiger partial charge in [0.2, 0.25) is 0 Å². The van der Waals surface area contributed by atoms with Crippen molar-refractivity contribution in [3.63, 3.8) is 0 Å². The van der Waals surface area contributed by atoms with E-state index in [2.05, 4.69) is 65.7 Å². The molecule has 1 saturated carbocycles. The molecule has 1 atom stereocenters. The minimum absolute atomic E-state index is 0. The number of aromatic nitrogens is 1. The van der Waals surface area contributed by atoms with Gasteiger partial charge in [0.05, 0.1) is 0 Å². The van der Waals surface area contributed by atoms with E-state index in [-0.39, 0.29) is 35.4 Å². The average Bonchev–Trinajstić information content (AvgIpc) is 3.58. The van der Waals surface area contributed by atoms with Gasteiger partial charge in [-0.2, -0.15) is 6.20 Å². The third-order valence-corrected chi connectivity index (χ3v) is 7.18. The Morgan fingerprint density at radius 3 is 2.36 bits per heavy atom. The van der Waals surface area contributed by atoms with Crippen molar-refractivity contribution in [2.45, 2.75) is 50.6 Å². The number of allylic oxidation sites excluding steroid dienone is 1. The summed E-state index contributed by atoms with van der Waals surface area (Å²) in [4.78, 5) is 6.66. The molecule has 198 valence electrons. The molecule has 2 fully saturated rings. The molecule has 5 heteroatoms. The van der Waals surface area contributed by atoms with Crippen LogP contribution in [0, 0.1) is 5.82 Å². The molecule has 1 saturated heterocycles. The van der Waals surface area contributed by atoms with Gasteiger partial charge in [0, 0.05) is 18.3 Å². The van der Waals surface area contributed by atoms with Crippen LogP contribution in [0.3, 0.4) is 0 Å². The van der Waals surface area contributed by atoms with Crippen LogP contribution in [0.15, 0.2) is 110 Å². The Labute approximate surface area is 255 Å². The van der Waals surface area contributed by atoms with Crippen LogP contribution in [0.25, 0.3) is 10.9 Å². The predicted molar refractivity (Wildman–Crippen MR) is 158 cm³/mol. The third-order valence-electron chi connectivity index (χ3n) is 7.18. The quantitative estimate of drug-likeness (QED) is 0.279. The monoisotopic (exact) mass is 531 g/mol. The number of benzene rings is 3. The van der Waals surface area contributed by atoms with E-state index in [1.165, 1.54) is 54.8 Å². The summed E-state index contributed by atoms with van der Waals surface area (Å²) in [6, 6.07) is 26.2. The fraction of sp³-hybridized carbons (Fsp3) is 0.294. The second-order valence-corrected chi connectivity index (χ2v) is 10.1. The second kappa shape index (κ2) is 15.8. The summed E-state index contributed by atoms with van der Waals surface area (Å²) in [6.45, 7) is 9.93. The fourth-order valence-electron chi connectivity index (χ4n) is 4.87. The van der Waals surface area contributed by atoms with Gasteiger partial charge in [-0.25, -0.2) is 4.39 Å². The van der Waals surface area contributed by atoms with Gasteiger partial charge >= 0.3 is 29.6 Å². The number of rotatable bonds is 7. The van der Waals surface area contributed by atoms with Gasteiger partial charge in [0.15, 0.2) is 0 Å². The minimum atomic E-state index is -0.0370. The molecule has 4 aromatic rings. The number of nitrogens with one attached hydrogen (secondary N) is 1. The number of hydrogen-bond donors (Lipinski definition) is 1. The molecule has 1 aliphatic heterocycles. The van der Waals surface area contributed by atoms with Crippen LogP contribution in [-0.2, 0) is 13.0 Å². The first kappa shape index (κ1) is 30.9. The topological polar surface area (TPSA) is 29.4 Å². The summed E-state index contributed by atoms with van der Waals surface area (Å²) in [5.41, 5.74) is 5.71. The molecule has 2 heterocycles. The SMILES string of the molecule is C=C(NCc1ccccc1)C1CCCN1C.C=CCc1c[n-]c2ccccc12.Fc1ccccc1C1CC1.[Na+]. The molecule has 2 aliphatic rings. The minimum Gasteiger partial charge on any atom is -0.663 e. The van der Waals surface area contributed by atoms with Crippen molar-refractivity contribution in [1.82, 2.24) is 15.2 Å². The smallest absolute Gasteiger partial charge is 0.663 e. The van der Waals surface area contributed by atoms with Gasteiger partial charge in [0.1, 0.15) is 5.82 Å². The molecule has 1 aromatic heterocycles. The van der Waals surface area contributed by atoms with Crippen molar-refractivity contribution in [2.75, 3.05) is 13.6 Å². The number of nitrogens with zero attached hydrogens (tertiary/aromatic N) is 2. The van der Waals surface area contributed by atoms with Gasteiger partial charge in [-0.1, -0.05) is 91.0 Å². The molecule has 39 heavy (non-hydrogen) atoms. The molecular weight excluding hydrogens is 492 g/mol. The van der Waals surface area contributed by atoms with E-state index in [9.17, 15) is 4.39 Å². The maximum absolute atomic E-state index is 12.9. The van der Waals surface area contributed by atoms with Gasteiger partial charge in [-0.15, -0.1) is 12.1 Å². The number of para-hydroxylation sites is 1. The number of halogens is 1. The van der Waals surface area contributed by atoms with Crippen molar-refractivity contribution in [1.29, 1.82) is 0 Å². The van der Waals surface area contributed by atoms with E-state index in [4.69, 9.17) is 0 Å². The Hall–Kier alpha value is -2.63. The summed E-state index contributed by atoms with van der Waals surface area (Å²) in [7, 11) is 2.17. The molecule has 0 spiro atoms. The van der Waals surface area contributed by atoms with Gasteiger partial charge in [-0.05, 0) is 74.2 Å². The Morgan fingerprint density at radius 1 is 1.00 bits per heavy atom.